The number of benzene rings is 1. The number of aromatic nitrogens is 3. The average molecular weight is 328 g/mol. The van der Waals surface area contributed by atoms with Crippen LogP contribution in [0.15, 0.2) is 36.7 Å². The predicted molar refractivity (Wildman–Crippen MR) is 89.3 cm³/mol. The molecule has 2 heterocycles. The molecular formula is C18H24N4O2. The molecule has 0 unspecified atom stereocenters. The van der Waals surface area contributed by atoms with Gasteiger partial charge in [-0.15, -0.1) is 0 Å². The second-order valence-corrected chi connectivity index (χ2v) is 6.67. The SMILES string of the molecule is c1ccc([C@@H](NCC2CCC3(CC2)OCCO3)c2ncn[nH]2)cc1. The van der Waals surface area contributed by atoms with E-state index in [1.165, 1.54) is 5.56 Å². The van der Waals surface area contributed by atoms with Crippen LogP contribution in [0.2, 0.25) is 0 Å². The highest BCUT2D eigenvalue weighted by Crippen LogP contribution is 2.38. The molecule has 1 spiro atoms. The molecule has 6 heteroatoms. The van der Waals surface area contributed by atoms with Crippen molar-refractivity contribution in [1.29, 1.82) is 0 Å². The Morgan fingerprint density at radius 1 is 1.17 bits per heavy atom. The lowest BCUT2D eigenvalue weighted by Gasteiger charge is -2.35. The van der Waals surface area contributed by atoms with Crippen LogP contribution < -0.4 is 5.32 Å². The summed E-state index contributed by atoms with van der Waals surface area (Å²) in [5, 5.41) is 10.7. The molecule has 2 aliphatic rings. The van der Waals surface area contributed by atoms with E-state index in [1.54, 1.807) is 6.33 Å². The van der Waals surface area contributed by atoms with Gasteiger partial charge in [0.15, 0.2) is 5.79 Å². The Balaban J connectivity index is 1.38. The maximum atomic E-state index is 5.82. The fraction of sp³-hybridized carbons (Fsp3) is 0.556. The van der Waals surface area contributed by atoms with Gasteiger partial charge in [-0.1, -0.05) is 30.3 Å². The van der Waals surface area contributed by atoms with Crippen molar-refractivity contribution in [1.82, 2.24) is 20.5 Å². The summed E-state index contributed by atoms with van der Waals surface area (Å²) in [7, 11) is 0. The van der Waals surface area contributed by atoms with Crippen molar-refractivity contribution in [2.75, 3.05) is 19.8 Å². The van der Waals surface area contributed by atoms with Gasteiger partial charge in [-0.3, -0.25) is 5.10 Å². The Morgan fingerprint density at radius 2 is 1.92 bits per heavy atom. The monoisotopic (exact) mass is 328 g/mol. The van der Waals surface area contributed by atoms with E-state index in [4.69, 9.17) is 9.47 Å². The van der Waals surface area contributed by atoms with E-state index < -0.39 is 0 Å². The standard InChI is InChI=1S/C18H24N4O2/c1-2-4-15(5-3-1)16(17-20-13-21-22-17)19-12-14-6-8-18(9-7-14)23-10-11-24-18/h1-5,13-14,16,19H,6-12H2,(H,20,21,22)/t16-/m1/s1. The third kappa shape index (κ3) is 3.36. The first-order chi connectivity index (χ1) is 11.8. The molecule has 0 amide bonds. The summed E-state index contributed by atoms with van der Waals surface area (Å²) >= 11 is 0. The zero-order chi connectivity index (χ0) is 16.2. The van der Waals surface area contributed by atoms with Crippen molar-refractivity contribution in [2.24, 2.45) is 5.92 Å². The van der Waals surface area contributed by atoms with Crippen LogP contribution in [0.1, 0.15) is 43.1 Å². The van der Waals surface area contributed by atoms with E-state index in [0.29, 0.717) is 5.92 Å². The molecule has 0 radical (unpaired) electrons. The normalized spacial score (nSPS) is 22.0. The van der Waals surface area contributed by atoms with E-state index in [0.717, 1.165) is 51.3 Å². The van der Waals surface area contributed by atoms with Crippen LogP contribution in [0, 0.1) is 5.92 Å². The van der Waals surface area contributed by atoms with Crippen molar-refractivity contribution >= 4 is 0 Å². The number of rotatable bonds is 5. The smallest absolute Gasteiger partial charge is 0.168 e. The van der Waals surface area contributed by atoms with E-state index >= 15 is 0 Å². The molecule has 2 fully saturated rings. The zero-order valence-electron chi connectivity index (χ0n) is 13.8. The summed E-state index contributed by atoms with van der Waals surface area (Å²) in [6, 6.07) is 10.4. The van der Waals surface area contributed by atoms with Crippen molar-refractivity contribution in [3.8, 4) is 0 Å². The second kappa shape index (κ2) is 7.01. The molecule has 2 aromatic rings. The van der Waals surface area contributed by atoms with Crippen LogP contribution in [0.25, 0.3) is 0 Å². The van der Waals surface area contributed by atoms with E-state index in [9.17, 15) is 0 Å². The highest BCUT2D eigenvalue weighted by atomic mass is 16.7. The molecule has 6 nitrogen and oxygen atoms in total. The number of hydrogen-bond acceptors (Lipinski definition) is 5. The molecule has 4 rings (SSSR count). The molecule has 2 N–H and O–H groups in total. The largest absolute Gasteiger partial charge is 0.348 e. The third-order valence-corrected chi connectivity index (χ3v) is 5.13. The number of aromatic amines is 1. The summed E-state index contributed by atoms with van der Waals surface area (Å²) in [4.78, 5) is 4.35. The minimum absolute atomic E-state index is 0.0450. The molecule has 1 aromatic carbocycles. The quantitative estimate of drug-likeness (QED) is 0.882. The molecule has 1 saturated heterocycles. The molecule has 24 heavy (non-hydrogen) atoms. The first kappa shape index (κ1) is 15.7. The zero-order valence-corrected chi connectivity index (χ0v) is 13.8. The molecule has 1 atom stereocenters. The first-order valence-corrected chi connectivity index (χ1v) is 8.76. The fourth-order valence-electron chi connectivity index (χ4n) is 3.76. The molecular weight excluding hydrogens is 304 g/mol. The lowest BCUT2D eigenvalue weighted by atomic mass is 9.85. The minimum Gasteiger partial charge on any atom is -0.348 e. The van der Waals surface area contributed by atoms with Gasteiger partial charge in [0.25, 0.3) is 0 Å². The lowest BCUT2D eigenvalue weighted by Crippen LogP contribution is -2.38. The molecule has 1 saturated carbocycles. The van der Waals surface area contributed by atoms with Crippen molar-refractivity contribution in [3.63, 3.8) is 0 Å². The number of nitrogens with one attached hydrogen (secondary N) is 2. The number of hydrogen-bond donors (Lipinski definition) is 2. The Labute approximate surface area is 142 Å². The van der Waals surface area contributed by atoms with E-state index in [2.05, 4.69) is 44.8 Å². The summed E-state index contributed by atoms with van der Waals surface area (Å²) in [6.45, 7) is 2.44. The van der Waals surface area contributed by atoms with Crippen LogP contribution in [-0.4, -0.2) is 40.7 Å². The van der Waals surface area contributed by atoms with E-state index in [-0.39, 0.29) is 11.8 Å². The van der Waals surface area contributed by atoms with Gasteiger partial charge in [0.05, 0.1) is 19.3 Å². The number of nitrogens with zero attached hydrogens (tertiary/aromatic N) is 2. The van der Waals surface area contributed by atoms with Gasteiger partial charge in [-0.25, -0.2) is 4.98 Å². The molecule has 1 aromatic heterocycles. The Morgan fingerprint density at radius 3 is 2.58 bits per heavy atom. The van der Waals surface area contributed by atoms with Gasteiger partial charge in [-0.2, -0.15) is 5.10 Å². The summed E-state index contributed by atoms with van der Waals surface area (Å²) in [6.07, 6.45) is 5.82. The van der Waals surface area contributed by atoms with Gasteiger partial charge >= 0.3 is 0 Å². The highest BCUT2D eigenvalue weighted by Gasteiger charge is 2.40. The first-order valence-electron chi connectivity index (χ1n) is 8.76. The van der Waals surface area contributed by atoms with Crippen LogP contribution in [0.4, 0.5) is 0 Å². The fourth-order valence-corrected chi connectivity index (χ4v) is 3.76. The van der Waals surface area contributed by atoms with Crippen molar-refractivity contribution in [3.05, 3.63) is 48.0 Å². The summed E-state index contributed by atoms with van der Waals surface area (Å²) in [5.41, 5.74) is 1.20. The Bertz CT molecular complexity index is 616. The van der Waals surface area contributed by atoms with Crippen LogP contribution in [0.3, 0.4) is 0 Å². The predicted octanol–water partition coefficient (Wildman–Crippen LogP) is 2.42. The molecule has 1 aliphatic carbocycles. The van der Waals surface area contributed by atoms with Crippen molar-refractivity contribution < 1.29 is 9.47 Å². The highest BCUT2D eigenvalue weighted by molar-refractivity contribution is 5.24. The minimum atomic E-state index is -0.278. The molecule has 1 aliphatic heterocycles. The van der Waals surface area contributed by atoms with E-state index in [1.807, 2.05) is 6.07 Å². The lowest BCUT2D eigenvalue weighted by molar-refractivity contribution is -0.182. The summed E-state index contributed by atoms with van der Waals surface area (Å²) in [5.74, 6) is 1.22. The molecule has 0 bridgehead atoms. The van der Waals surface area contributed by atoms with Gasteiger partial charge in [-0.05, 0) is 30.9 Å². The van der Waals surface area contributed by atoms with Crippen molar-refractivity contribution in [2.45, 2.75) is 37.5 Å². The van der Waals surface area contributed by atoms with Gasteiger partial charge < -0.3 is 14.8 Å². The van der Waals surface area contributed by atoms with Crippen LogP contribution >= 0.6 is 0 Å². The Hall–Kier alpha value is -1.76. The topological polar surface area (TPSA) is 72.1 Å². The van der Waals surface area contributed by atoms with Gasteiger partial charge in [0.2, 0.25) is 0 Å². The Kier molecular flexibility index (Phi) is 4.60. The maximum Gasteiger partial charge on any atom is 0.168 e. The van der Waals surface area contributed by atoms with Crippen LogP contribution in [0.5, 0.6) is 0 Å². The molecule has 128 valence electrons. The van der Waals surface area contributed by atoms with Gasteiger partial charge in [0, 0.05) is 12.8 Å². The number of H-pyrrole nitrogens is 1. The third-order valence-electron chi connectivity index (χ3n) is 5.13. The number of ether oxygens (including phenoxy) is 2. The second-order valence-electron chi connectivity index (χ2n) is 6.67. The maximum absolute atomic E-state index is 5.82. The van der Waals surface area contributed by atoms with Crippen LogP contribution in [-0.2, 0) is 9.47 Å². The van der Waals surface area contributed by atoms with Gasteiger partial charge in [0.1, 0.15) is 12.2 Å². The summed E-state index contributed by atoms with van der Waals surface area (Å²) < 4.78 is 11.6. The average Bonchev–Trinajstić information content (AvgIpc) is 3.31.